The SMILES string of the molecule is CC1CN(C(=O)c2cc(N)cc(Cl)c2)CCCO1. The van der Waals surface area contributed by atoms with Crippen LogP contribution in [0, 0.1) is 0 Å². The zero-order valence-corrected chi connectivity index (χ0v) is 11.1. The summed E-state index contributed by atoms with van der Waals surface area (Å²) in [6.07, 6.45) is 0.916. The van der Waals surface area contributed by atoms with Gasteiger partial charge in [0, 0.05) is 36.0 Å². The largest absolute Gasteiger partial charge is 0.399 e. The second-order valence-corrected chi connectivity index (χ2v) is 5.00. The minimum atomic E-state index is -0.0402. The Bertz CT molecular complexity index is 430. The summed E-state index contributed by atoms with van der Waals surface area (Å²) in [6, 6.07) is 4.94. The van der Waals surface area contributed by atoms with Gasteiger partial charge in [0.05, 0.1) is 6.10 Å². The van der Waals surface area contributed by atoms with Crippen molar-refractivity contribution >= 4 is 23.2 Å². The molecule has 1 saturated heterocycles. The Balaban J connectivity index is 2.18. The molecule has 0 bridgehead atoms. The molecule has 98 valence electrons. The molecular formula is C13H17ClN2O2. The van der Waals surface area contributed by atoms with Gasteiger partial charge in [-0.15, -0.1) is 0 Å². The third kappa shape index (κ3) is 3.15. The Morgan fingerprint density at radius 2 is 2.28 bits per heavy atom. The van der Waals surface area contributed by atoms with Crippen LogP contribution in [-0.4, -0.2) is 36.6 Å². The van der Waals surface area contributed by atoms with Crippen molar-refractivity contribution in [1.29, 1.82) is 0 Å². The van der Waals surface area contributed by atoms with Gasteiger partial charge in [-0.25, -0.2) is 0 Å². The van der Waals surface area contributed by atoms with E-state index in [1.807, 2.05) is 6.92 Å². The second-order valence-electron chi connectivity index (χ2n) is 4.56. The summed E-state index contributed by atoms with van der Waals surface area (Å²) >= 11 is 5.92. The second kappa shape index (κ2) is 5.59. The number of benzene rings is 1. The van der Waals surface area contributed by atoms with Crippen LogP contribution in [0.2, 0.25) is 5.02 Å². The molecule has 18 heavy (non-hydrogen) atoms. The van der Waals surface area contributed by atoms with Gasteiger partial charge in [0.15, 0.2) is 0 Å². The topological polar surface area (TPSA) is 55.6 Å². The first-order chi connectivity index (χ1) is 8.56. The van der Waals surface area contributed by atoms with Gasteiger partial charge < -0.3 is 15.4 Å². The molecular weight excluding hydrogens is 252 g/mol. The lowest BCUT2D eigenvalue weighted by molar-refractivity contribution is 0.0563. The molecule has 1 aliphatic heterocycles. The van der Waals surface area contributed by atoms with Crippen LogP contribution in [0.1, 0.15) is 23.7 Å². The smallest absolute Gasteiger partial charge is 0.254 e. The molecule has 1 aliphatic rings. The number of carbonyl (C=O) groups is 1. The van der Waals surface area contributed by atoms with E-state index in [2.05, 4.69) is 0 Å². The van der Waals surface area contributed by atoms with Crippen molar-refractivity contribution in [3.63, 3.8) is 0 Å². The highest BCUT2D eigenvalue weighted by molar-refractivity contribution is 6.31. The van der Waals surface area contributed by atoms with E-state index in [1.165, 1.54) is 0 Å². The quantitative estimate of drug-likeness (QED) is 0.794. The number of amides is 1. The summed E-state index contributed by atoms with van der Waals surface area (Å²) in [4.78, 5) is 14.2. The van der Waals surface area contributed by atoms with E-state index in [1.54, 1.807) is 23.1 Å². The van der Waals surface area contributed by atoms with E-state index < -0.39 is 0 Å². The molecule has 1 aromatic carbocycles. The summed E-state index contributed by atoms with van der Waals surface area (Å²) in [5, 5.41) is 0.484. The van der Waals surface area contributed by atoms with E-state index in [-0.39, 0.29) is 12.0 Å². The Hall–Kier alpha value is -1.26. The van der Waals surface area contributed by atoms with E-state index >= 15 is 0 Å². The van der Waals surface area contributed by atoms with Gasteiger partial charge in [-0.2, -0.15) is 0 Å². The molecule has 0 aromatic heterocycles. The molecule has 1 unspecified atom stereocenters. The van der Waals surface area contributed by atoms with Crippen molar-refractivity contribution in [1.82, 2.24) is 4.90 Å². The highest BCUT2D eigenvalue weighted by Crippen LogP contribution is 2.19. The Morgan fingerprint density at radius 3 is 3.00 bits per heavy atom. The number of hydrogen-bond acceptors (Lipinski definition) is 3. The minimum absolute atomic E-state index is 0.0402. The zero-order chi connectivity index (χ0) is 13.1. The number of hydrogen-bond donors (Lipinski definition) is 1. The maximum absolute atomic E-state index is 12.4. The lowest BCUT2D eigenvalue weighted by Gasteiger charge is -2.22. The molecule has 0 saturated carbocycles. The predicted molar refractivity (Wildman–Crippen MR) is 71.8 cm³/mol. The molecule has 5 heteroatoms. The van der Waals surface area contributed by atoms with E-state index in [4.69, 9.17) is 22.1 Å². The summed E-state index contributed by atoms with van der Waals surface area (Å²) < 4.78 is 5.52. The lowest BCUT2D eigenvalue weighted by atomic mass is 10.1. The molecule has 1 heterocycles. The van der Waals surface area contributed by atoms with E-state index in [9.17, 15) is 4.79 Å². The fourth-order valence-electron chi connectivity index (χ4n) is 2.10. The fourth-order valence-corrected chi connectivity index (χ4v) is 2.34. The van der Waals surface area contributed by atoms with Crippen molar-refractivity contribution in [3.05, 3.63) is 28.8 Å². The van der Waals surface area contributed by atoms with Gasteiger partial charge in [0.1, 0.15) is 0 Å². The molecule has 4 nitrogen and oxygen atoms in total. The van der Waals surface area contributed by atoms with Gasteiger partial charge in [-0.1, -0.05) is 11.6 Å². The van der Waals surface area contributed by atoms with E-state index in [0.29, 0.717) is 36.0 Å². The average Bonchev–Trinajstić information content (AvgIpc) is 2.51. The number of ether oxygens (including phenoxy) is 1. The first-order valence-corrected chi connectivity index (χ1v) is 6.41. The number of carbonyl (C=O) groups excluding carboxylic acids is 1. The number of halogens is 1. The third-order valence-electron chi connectivity index (χ3n) is 2.91. The molecule has 2 rings (SSSR count). The first-order valence-electron chi connectivity index (χ1n) is 6.03. The number of rotatable bonds is 1. The molecule has 1 fully saturated rings. The third-order valence-corrected chi connectivity index (χ3v) is 3.12. The van der Waals surface area contributed by atoms with Crippen LogP contribution < -0.4 is 5.73 Å². The van der Waals surface area contributed by atoms with Crippen LogP contribution in [-0.2, 0) is 4.74 Å². The molecule has 2 N–H and O–H groups in total. The monoisotopic (exact) mass is 268 g/mol. The minimum Gasteiger partial charge on any atom is -0.399 e. The number of anilines is 1. The zero-order valence-electron chi connectivity index (χ0n) is 10.4. The van der Waals surface area contributed by atoms with Crippen LogP contribution >= 0.6 is 11.6 Å². The summed E-state index contributed by atoms with van der Waals surface area (Å²) in [6.45, 7) is 3.97. The summed E-state index contributed by atoms with van der Waals surface area (Å²) in [5.74, 6) is -0.0402. The highest BCUT2D eigenvalue weighted by Gasteiger charge is 2.21. The first kappa shape index (κ1) is 13.2. The van der Waals surface area contributed by atoms with Crippen LogP contribution in [0.15, 0.2) is 18.2 Å². The van der Waals surface area contributed by atoms with Crippen molar-refractivity contribution in [3.8, 4) is 0 Å². The van der Waals surface area contributed by atoms with E-state index in [0.717, 1.165) is 6.42 Å². The Morgan fingerprint density at radius 1 is 1.50 bits per heavy atom. The van der Waals surface area contributed by atoms with Crippen molar-refractivity contribution in [2.75, 3.05) is 25.4 Å². The lowest BCUT2D eigenvalue weighted by Crippen LogP contribution is -2.35. The number of nitrogen functional groups attached to an aromatic ring is 1. The van der Waals surface area contributed by atoms with Crippen LogP contribution in [0.4, 0.5) is 5.69 Å². The van der Waals surface area contributed by atoms with Crippen LogP contribution in [0.5, 0.6) is 0 Å². The summed E-state index contributed by atoms with van der Waals surface area (Å²) in [5.41, 5.74) is 6.75. The molecule has 0 aliphatic carbocycles. The highest BCUT2D eigenvalue weighted by atomic mass is 35.5. The Kier molecular flexibility index (Phi) is 4.09. The van der Waals surface area contributed by atoms with Gasteiger partial charge in [-0.3, -0.25) is 4.79 Å². The number of nitrogens with zero attached hydrogens (tertiary/aromatic N) is 1. The van der Waals surface area contributed by atoms with Crippen molar-refractivity contribution in [2.45, 2.75) is 19.4 Å². The predicted octanol–water partition coefficient (Wildman–Crippen LogP) is 2.17. The van der Waals surface area contributed by atoms with Crippen molar-refractivity contribution < 1.29 is 9.53 Å². The fraction of sp³-hybridized carbons (Fsp3) is 0.462. The molecule has 1 amide bonds. The summed E-state index contributed by atoms with van der Waals surface area (Å²) in [7, 11) is 0. The van der Waals surface area contributed by atoms with Gasteiger partial charge in [0.2, 0.25) is 0 Å². The molecule has 1 aromatic rings. The standard InChI is InChI=1S/C13H17ClN2O2/c1-9-8-16(3-2-4-18-9)13(17)10-5-11(14)7-12(15)6-10/h5-7,9H,2-4,8,15H2,1H3. The average molecular weight is 269 g/mol. The normalized spacial score (nSPS) is 20.6. The maximum Gasteiger partial charge on any atom is 0.254 e. The molecule has 0 radical (unpaired) electrons. The Labute approximate surface area is 112 Å². The molecule has 0 spiro atoms. The number of nitrogens with two attached hydrogens (primary N) is 1. The van der Waals surface area contributed by atoms with Gasteiger partial charge in [0.25, 0.3) is 5.91 Å². The van der Waals surface area contributed by atoms with Crippen LogP contribution in [0.25, 0.3) is 0 Å². The maximum atomic E-state index is 12.4. The van der Waals surface area contributed by atoms with Crippen LogP contribution in [0.3, 0.4) is 0 Å². The molecule has 1 atom stereocenters. The van der Waals surface area contributed by atoms with Crippen molar-refractivity contribution in [2.24, 2.45) is 0 Å². The van der Waals surface area contributed by atoms with Gasteiger partial charge >= 0.3 is 0 Å². The van der Waals surface area contributed by atoms with Gasteiger partial charge in [-0.05, 0) is 31.5 Å².